The molecule has 1 heteroatoms. The Morgan fingerprint density at radius 3 is 2.18 bits per heavy atom. The van der Waals surface area contributed by atoms with Crippen molar-refractivity contribution in [3.8, 4) is 0 Å². The smallest absolute Gasteiger partial charge is 0.0758 e. The minimum Gasteiger partial charge on any atom is -0.389 e. The molecule has 2 atom stereocenters. The maximum absolute atomic E-state index is 10.2. The highest BCUT2D eigenvalue weighted by molar-refractivity contribution is 5.21. The van der Waals surface area contributed by atoms with Crippen LogP contribution < -0.4 is 0 Å². The van der Waals surface area contributed by atoms with E-state index in [9.17, 15) is 5.11 Å². The van der Waals surface area contributed by atoms with E-state index in [4.69, 9.17) is 0 Å². The topological polar surface area (TPSA) is 20.2 Å². The molecule has 0 aromatic rings. The van der Waals surface area contributed by atoms with Gasteiger partial charge in [0.05, 0.1) is 5.60 Å². The molecule has 0 aromatic carbocycles. The predicted octanol–water partition coefficient (Wildman–Crippen LogP) is 2.34. The van der Waals surface area contributed by atoms with Gasteiger partial charge in [0.1, 0.15) is 0 Å². The van der Waals surface area contributed by atoms with Crippen molar-refractivity contribution in [1.82, 2.24) is 0 Å². The third-order valence-corrected chi connectivity index (χ3v) is 4.17. The second kappa shape index (κ2) is 1.66. The van der Waals surface area contributed by atoms with Crippen molar-refractivity contribution >= 4 is 0 Å². The molecule has 0 saturated heterocycles. The van der Waals surface area contributed by atoms with Gasteiger partial charge in [0.2, 0.25) is 0 Å². The van der Waals surface area contributed by atoms with Crippen LogP contribution in [-0.2, 0) is 0 Å². The van der Waals surface area contributed by atoms with E-state index in [1.807, 2.05) is 0 Å². The lowest BCUT2D eigenvalue weighted by atomic mass is 9.70. The van der Waals surface area contributed by atoms with Gasteiger partial charge in [0.15, 0.2) is 0 Å². The summed E-state index contributed by atoms with van der Waals surface area (Å²) in [5.41, 5.74) is 0.118. The first-order valence-electron chi connectivity index (χ1n) is 4.64. The Balaban J connectivity index is 2.29. The number of rotatable bonds is 0. The standard InChI is InChI=1S/C10H18O/c1-8(2)5-4-6-9(3)7-10(8,9)11/h11H,4-7H2,1-3H3. The fraction of sp³-hybridized carbons (Fsp3) is 1.00. The van der Waals surface area contributed by atoms with Crippen LogP contribution in [0.5, 0.6) is 0 Å². The predicted molar refractivity (Wildman–Crippen MR) is 45.3 cm³/mol. The molecule has 1 nitrogen and oxygen atoms in total. The zero-order chi connectivity index (χ0) is 8.33. The van der Waals surface area contributed by atoms with Gasteiger partial charge in [0.25, 0.3) is 0 Å². The molecule has 2 unspecified atom stereocenters. The third kappa shape index (κ3) is 0.703. The molecule has 0 heterocycles. The zero-order valence-corrected chi connectivity index (χ0v) is 7.78. The molecule has 64 valence electrons. The van der Waals surface area contributed by atoms with Gasteiger partial charge in [-0.1, -0.05) is 27.2 Å². The van der Waals surface area contributed by atoms with Gasteiger partial charge >= 0.3 is 0 Å². The van der Waals surface area contributed by atoms with Crippen LogP contribution in [0.1, 0.15) is 46.5 Å². The third-order valence-electron chi connectivity index (χ3n) is 4.17. The SMILES string of the molecule is CC1(C)CCCC2(C)CC12O. The molecular formula is C10H18O. The van der Waals surface area contributed by atoms with Crippen LogP contribution in [0.4, 0.5) is 0 Å². The van der Waals surface area contributed by atoms with E-state index in [0.29, 0.717) is 0 Å². The van der Waals surface area contributed by atoms with E-state index >= 15 is 0 Å². The van der Waals surface area contributed by atoms with E-state index < -0.39 is 0 Å². The Hall–Kier alpha value is -0.0400. The van der Waals surface area contributed by atoms with Crippen molar-refractivity contribution in [3.63, 3.8) is 0 Å². The first-order chi connectivity index (χ1) is 4.91. The van der Waals surface area contributed by atoms with E-state index in [0.717, 1.165) is 6.42 Å². The number of fused-ring (bicyclic) bond motifs is 1. The van der Waals surface area contributed by atoms with Gasteiger partial charge in [-0.2, -0.15) is 0 Å². The maximum atomic E-state index is 10.2. The minimum absolute atomic E-state index is 0.167. The van der Waals surface area contributed by atoms with Crippen LogP contribution in [0.2, 0.25) is 0 Å². The lowest BCUT2D eigenvalue weighted by Gasteiger charge is -2.39. The molecule has 2 fully saturated rings. The molecule has 0 bridgehead atoms. The molecule has 0 radical (unpaired) electrons. The first kappa shape index (κ1) is 7.60. The highest BCUT2D eigenvalue weighted by Gasteiger charge is 2.71. The van der Waals surface area contributed by atoms with Crippen LogP contribution in [-0.4, -0.2) is 10.7 Å². The van der Waals surface area contributed by atoms with Crippen LogP contribution >= 0.6 is 0 Å². The van der Waals surface area contributed by atoms with E-state index in [1.54, 1.807) is 0 Å². The summed E-state index contributed by atoms with van der Waals surface area (Å²) < 4.78 is 0. The summed E-state index contributed by atoms with van der Waals surface area (Å²) in [4.78, 5) is 0. The Kier molecular flexibility index (Phi) is 1.15. The average molecular weight is 154 g/mol. The normalized spacial score (nSPS) is 53.5. The van der Waals surface area contributed by atoms with Crippen molar-refractivity contribution in [2.24, 2.45) is 10.8 Å². The molecule has 0 spiro atoms. The lowest BCUT2D eigenvalue weighted by Crippen LogP contribution is -2.39. The Labute approximate surface area is 68.8 Å². The number of hydrogen-bond acceptors (Lipinski definition) is 1. The zero-order valence-electron chi connectivity index (χ0n) is 7.78. The van der Waals surface area contributed by atoms with Crippen LogP contribution in [0.15, 0.2) is 0 Å². The Morgan fingerprint density at radius 2 is 1.73 bits per heavy atom. The second-order valence-electron chi connectivity index (χ2n) is 5.34. The second-order valence-corrected chi connectivity index (χ2v) is 5.34. The average Bonchev–Trinajstić information content (AvgIpc) is 2.36. The minimum atomic E-state index is -0.321. The molecule has 0 aliphatic heterocycles. The van der Waals surface area contributed by atoms with Gasteiger partial charge < -0.3 is 5.11 Å². The molecule has 2 aliphatic carbocycles. The molecule has 2 rings (SSSR count). The van der Waals surface area contributed by atoms with Crippen molar-refractivity contribution in [1.29, 1.82) is 0 Å². The summed E-state index contributed by atoms with van der Waals surface area (Å²) in [6, 6.07) is 0. The number of hydrogen-bond donors (Lipinski definition) is 1. The van der Waals surface area contributed by atoms with Crippen molar-refractivity contribution in [2.45, 2.75) is 52.1 Å². The Bertz CT molecular complexity index is 197. The largest absolute Gasteiger partial charge is 0.389 e. The Morgan fingerprint density at radius 1 is 1.09 bits per heavy atom. The van der Waals surface area contributed by atoms with Crippen LogP contribution in [0.25, 0.3) is 0 Å². The van der Waals surface area contributed by atoms with E-state index in [1.165, 1.54) is 19.3 Å². The summed E-state index contributed by atoms with van der Waals surface area (Å²) in [7, 11) is 0. The summed E-state index contributed by atoms with van der Waals surface area (Å²) in [6.45, 7) is 6.64. The van der Waals surface area contributed by atoms with Crippen molar-refractivity contribution < 1.29 is 5.11 Å². The van der Waals surface area contributed by atoms with Gasteiger partial charge in [-0.05, 0) is 30.1 Å². The fourth-order valence-corrected chi connectivity index (χ4v) is 3.00. The van der Waals surface area contributed by atoms with Gasteiger partial charge in [0, 0.05) is 0 Å². The highest BCUT2D eigenvalue weighted by Crippen LogP contribution is 2.70. The fourth-order valence-electron chi connectivity index (χ4n) is 3.00. The molecule has 11 heavy (non-hydrogen) atoms. The van der Waals surface area contributed by atoms with Gasteiger partial charge in [-0.3, -0.25) is 0 Å². The maximum Gasteiger partial charge on any atom is 0.0758 e. The highest BCUT2D eigenvalue weighted by atomic mass is 16.3. The molecule has 1 N–H and O–H groups in total. The molecule has 2 saturated carbocycles. The van der Waals surface area contributed by atoms with E-state index in [2.05, 4.69) is 20.8 Å². The van der Waals surface area contributed by atoms with Crippen LogP contribution in [0.3, 0.4) is 0 Å². The monoisotopic (exact) mass is 154 g/mol. The molecule has 2 aliphatic rings. The molecule has 0 aromatic heterocycles. The van der Waals surface area contributed by atoms with E-state index in [-0.39, 0.29) is 16.4 Å². The van der Waals surface area contributed by atoms with Gasteiger partial charge in [-0.15, -0.1) is 0 Å². The molecule has 0 amide bonds. The summed E-state index contributed by atoms with van der Waals surface area (Å²) in [6.07, 6.45) is 4.75. The number of aliphatic hydroxyl groups is 1. The summed E-state index contributed by atoms with van der Waals surface area (Å²) >= 11 is 0. The van der Waals surface area contributed by atoms with Crippen molar-refractivity contribution in [2.75, 3.05) is 0 Å². The quantitative estimate of drug-likeness (QED) is 0.568. The summed E-state index contributed by atoms with van der Waals surface area (Å²) in [5, 5.41) is 10.2. The van der Waals surface area contributed by atoms with Crippen molar-refractivity contribution in [3.05, 3.63) is 0 Å². The van der Waals surface area contributed by atoms with Crippen LogP contribution in [0, 0.1) is 10.8 Å². The first-order valence-corrected chi connectivity index (χ1v) is 4.64. The summed E-state index contributed by atoms with van der Waals surface area (Å²) in [5.74, 6) is 0. The lowest BCUT2D eigenvalue weighted by molar-refractivity contribution is -0.0378. The van der Waals surface area contributed by atoms with Gasteiger partial charge in [-0.25, -0.2) is 0 Å². The molecular weight excluding hydrogens is 136 g/mol.